The quantitative estimate of drug-likeness (QED) is 0.521. The standard InChI is InChI=1S/C26H27N3O2S/c1-5-28(16-17(2)3)26(31)25-21-14-24(19-9-8-12-27-15-19)32-23-11-7-6-10-20(23)29(21)18(4)13-22(25)30/h6-13,15,24H,2,5,14,16H2,1,3-4H3. The summed E-state index contributed by atoms with van der Waals surface area (Å²) in [5.41, 5.74) is 4.55. The number of carbonyl (C=O) groups excluding carboxylic acids is 1. The Labute approximate surface area is 192 Å². The Kier molecular flexibility index (Phi) is 6.33. The average molecular weight is 446 g/mol. The van der Waals surface area contributed by atoms with Crippen LogP contribution in [0.1, 0.15) is 46.4 Å². The molecule has 3 heterocycles. The fourth-order valence-electron chi connectivity index (χ4n) is 4.23. The van der Waals surface area contributed by atoms with Crippen molar-refractivity contribution in [3.63, 3.8) is 0 Å². The highest BCUT2D eigenvalue weighted by atomic mass is 32.2. The first-order chi connectivity index (χ1) is 15.4. The molecule has 1 aliphatic heterocycles. The molecule has 5 nitrogen and oxygen atoms in total. The number of para-hydroxylation sites is 1. The number of aromatic nitrogens is 2. The molecule has 0 N–H and O–H groups in total. The summed E-state index contributed by atoms with van der Waals surface area (Å²) in [6.07, 6.45) is 4.17. The molecule has 1 atom stereocenters. The number of carbonyl (C=O) groups is 1. The third-order valence-electron chi connectivity index (χ3n) is 5.65. The molecular weight excluding hydrogens is 418 g/mol. The fourth-order valence-corrected chi connectivity index (χ4v) is 5.49. The lowest BCUT2D eigenvalue weighted by atomic mass is 10.0. The zero-order valence-electron chi connectivity index (χ0n) is 18.7. The van der Waals surface area contributed by atoms with E-state index in [-0.39, 0.29) is 22.1 Å². The van der Waals surface area contributed by atoms with Crippen molar-refractivity contribution in [2.75, 3.05) is 13.1 Å². The van der Waals surface area contributed by atoms with Crippen LogP contribution in [0.3, 0.4) is 0 Å². The minimum atomic E-state index is -0.237. The number of thioether (sulfide) groups is 1. The van der Waals surface area contributed by atoms with Crippen molar-refractivity contribution < 1.29 is 4.79 Å². The van der Waals surface area contributed by atoms with Crippen LogP contribution in [0.2, 0.25) is 0 Å². The molecule has 6 heteroatoms. The Bertz CT molecular complexity index is 1230. The number of likely N-dealkylation sites (N-methyl/N-ethyl adjacent to an activating group) is 1. The predicted octanol–water partition coefficient (Wildman–Crippen LogP) is 4.97. The van der Waals surface area contributed by atoms with Crippen molar-refractivity contribution >= 4 is 17.7 Å². The van der Waals surface area contributed by atoms with E-state index >= 15 is 0 Å². The number of amides is 1. The molecule has 0 radical (unpaired) electrons. The first-order valence-electron chi connectivity index (χ1n) is 10.8. The van der Waals surface area contributed by atoms with Crippen LogP contribution in [-0.2, 0) is 6.42 Å². The second-order valence-electron chi connectivity index (χ2n) is 8.15. The van der Waals surface area contributed by atoms with E-state index < -0.39 is 0 Å². The maximum Gasteiger partial charge on any atom is 0.259 e. The summed E-state index contributed by atoms with van der Waals surface area (Å²) in [5.74, 6) is -0.237. The van der Waals surface area contributed by atoms with E-state index in [4.69, 9.17) is 0 Å². The van der Waals surface area contributed by atoms with E-state index in [0.29, 0.717) is 19.5 Å². The summed E-state index contributed by atoms with van der Waals surface area (Å²) >= 11 is 1.75. The van der Waals surface area contributed by atoms with Gasteiger partial charge in [0.2, 0.25) is 0 Å². The Hall–Kier alpha value is -3.12. The van der Waals surface area contributed by atoms with Crippen LogP contribution in [0.25, 0.3) is 5.69 Å². The average Bonchev–Trinajstić information content (AvgIpc) is 2.95. The molecule has 0 fully saturated rings. The SMILES string of the molecule is C=C(C)CN(CC)C(=O)c1c2n(c(C)cc1=O)-c1ccccc1SC(c1cccnc1)C2. The fraction of sp³-hybridized carbons (Fsp3) is 0.269. The van der Waals surface area contributed by atoms with Gasteiger partial charge in [-0.2, -0.15) is 0 Å². The van der Waals surface area contributed by atoms with E-state index in [1.807, 2.05) is 45.2 Å². The van der Waals surface area contributed by atoms with Gasteiger partial charge in [0, 0.05) is 59.5 Å². The Morgan fingerprint density at radius 3 is 2.75 bits per heavy atom. The van der Waals surface area contributed by atoms with E-state index in [1.165, 1.54) is 0 Å². The highest BCUT2D eigenvalue weighted by Crippen LogP contribution is 2.44. The maximum atomic E-state index is 13.6. The molecular formula is C26H27N3O2S. The minimum Gasteiger partial charge on any atom is -0.335 e. The van der Waals surface area contributed by atoms with Gasteiger partial charge >= 0.3 is 0 Å². The highest BCUT2D eigenvalue weighted by molar-refractivity contribution is 7.99. The molecule has 1 aromatic carbocycles. The number of hydrogen-bond acceptors (Lipinski definition) is 4. The van der Waals surface area contributed by atoms with Crippen LogP contribution >= 0.6 is 11.8 Å². The lowest BCUT2D eigenvalue weighted by Gasteiger charge is -2.25. The first kappa shape index (κ1) is 22.1. The monoisotopic (exact) mass is 445 g/mol. The Morgan fingerprint density at radius 1 is 1.28 bits per heavy atom. The maximum absolute atomic E-state index is 13.6. The van der Waals surface area contributed by atoms with Gasteiger partial charge < -0.3 is 9.47 Å². The highest BCUT2D eigenvalue weighted by Gasteiger charge is 2.30. The number of hydrogen-bond donors (Lipinski definition) is 0. The summed E-state index contributed by atoms with van der Waals surface area (Å²) in [6.45, 7) is 10.6. The number of rotatable bonds is 5. The molecule has 0 aliphatic carbocycles. The summed E-state index contributed by atoms with van der Waals surface area (Å²) in [6, 6.07) is 13.7. The van der Waals surface area contributed by atoms with Gasteiger partial charge in [0.25, 0.3) is 5.91 Å². The van der Waals surface area contributed by atoms with Crippen molar-refractivity contribution in [2.45, 2.75) is 37.3 Å². The van der Waals surface area contributed by atoms with Crippen molar-refractivity contribution in [3.05, 3.63) is 99.7 Å². The molecule has 3 aromatic rings. The molecule has 4 rings (SSSR count). The van der Waals surface area contributed by atoms with E-state index in [0.717, 1.165) is 33.1 Å². The number of benzene rings is 1. The smallest absolute Gasteiger partial charge is 0.259 e. The third-order valence-corrected chi connectivity index (χ3v) is 6.97. The van der Waals surface area contributed by atoms with Gasteiger partial charge in [-0.25, -0.2) is 0 Å². The van der Waals surface area contributed by atoms with E-state index in [1.54, 1.807) is 28.9 Å². The number of aryl methyl sites for hydroxylation is 1. The lowest BCUT2D eigenvalue weighted by molar-refractivity contribution is 0.0775. The normalized spacial score (nSPS) is 14.8. The number of nitrogens with zero attached hydrogens (tertiary/aromatic N) is 3. The molecule has 1 aliphatic rings. The molecule has 32 heavy (non-hydrogen) atoms. The van der Waals surface area contributed by atoms with Crippen molar-refractivity contribution in [3.8, 4) is 5.69 Å². The molecule has 2 aromatic heterocycles. The first-order valence-corrected chi connectivity index (χ1v) is 11.6. The summed E-state index contributed by atoms with van der Waals surface area (Å²) < 4.78 is 2.09. The van der Waals surface area contributed by atoms with Crippen LogP contribution in [0.4, 0.5) is 0 Å². The van der Waals surface area contributed by atoms with Gasteiger partial charge in [0.05, 0.1) is 5.69 Å². The molecule has 0 spiro atoms. The summed E-state index contributed by atoms with van der Waals surface area (Å²) in [7, 11) is 0. The summed E-state index contributed by atoms with van der Waals surface area (Å²) in [4.78, 5) is 34.0. The van der Waals surface area contributed by atoms with Crippen molar-refractivity contribution in [1.82, 2.24) is 14.5 Å². The van der Waals surface area contributed by atoms with Crippen LogP contribution in [-0.4, -0.2) is 33.4 Å². The van der Waals surface area contributed by atoms with E-state index in [9.17, 15) is 9.59 Å². The molecule has 1 amide bonds. The Balaban J connectivity index is 1.96. The largest absolute Gasteiger partial charge is 0.335 e. The van der Waals surface area contributed by atoms with Crippen molar-refractivity contribution in [1.29, 1.82) is 0 Å². The zero-order chi connectivity index (χ0) is 22.8. The molecule has 0 saturated heterocycles. The second kappa shape index (κ2) is 9.17. The van der Waals surface area contributed by atoms with Crippen molar-refractivity contribution in [2.24, 2.45) is 0 Å². The summed E-state index contributed by atoms with van der Waals surface area (Å²) in [5, 5.41) is 0.0302. The van der Waals surface area contributed by atoms with Gasteiger partial charge in [-0.1, -0.05) is 30.4 Å². The lowest BCUT2D eigenvalue weighted by Crippen LogP contribution is -2.37. The van der Waals surface area contributed by atoms with Gasteiger partial charge in [-0.15, -0.1) is 11.8 Å². The van der Waals surface area contributed by atoms with E-state index in [2.05, 4.69) is 34.3 Å². The second-order valence-corrected chi connectivity index (χ2v) is 9.39. The predicted molar refractivity (Wildman–Crippen MR) is 130 cm³/mol. The number of fused-ring (bicyclic) bond motifs is 3. The molecule has 1 unspecified atom stereocenters. The Morgan fingerprint density at radius 2 is 2.06 bits per heavy atom. The minimum absolute atomic E-state index is 0.0302. The third kappa shape index (κ3) is 4.15. The molecule has 0 bridgehead atoms. The molecule has 164 valence electrons. The molecule has 0 saturated carbocycles. The van der Waals surface area contributed by atoms with Gasteiger partial charge in [0.15, 0.2) is 5.43 Å². The van der Waals surface area contributed by atoms with Crippen LogP contribution in [0, 0.1) is 6.92 Å². The van der Waals surface area contributed by atoms with Crippen LogP contribution in [0.5, 0.6) is 0 Å². The van der Waals surface area contributed by atoms with Gasteiger partial charge in [-0.05, 0) is 44.5 Å². The topological polar surface area (TPSA) is 55.2 Å². The zero-order valence-corrected chi connectivity index (χ0v) is 19.5. The van der Waals surface area contributed by atoms with Gasteiger partial charge in [-0.3, -0.25) is 14.6 Å². The van der Waals surface area contributed by atoms with Crippen LogP contribution < -0.4 is 5.43 Å². The van der Waals surface area contributed by atoms with Gasteiger partial charge in [0.1, 0.15) is 5.56 Å². The van der Waals surface area contributed by atoms with Crippen LogP contribution in [0.15, 0.2) is 76.7 Å². The number of pyridine rings is 2.